The molecule has 0 heterocycles. The lowest BCUT2D eigenvalue weighted by atomic mass is 10.0. The Hall–Kier alpha value is -4.98. The summed E-state index contributed by atoms with van der Waals surface area (Å²) in [5.74, 6) is 0.503. The zero-order valence-electron chi connectivity index (χ0n) is 18.5. The summed E-state index contributed by atoms with van der Waals surface area (Å²) < 4.78 is 10.3. The first-order valence-corrected chi connectivity index (χ1v) is 10.7. The summed E-state index contributed by atoms with van der Waals surface area (Å²) in [6.45, 7) is 0. The van der Waals surface area contributed by atoms with Crippen LogP contribution in [0.4, 0.5) is 21.0 Å². The number of ether oxygens (including phenoxy) is 2. The molecule has 176 valence electrons. The number of benzene rings is 4. The summed E-state index contributed by atoms with van der Waals surface area (Å²) in [7, 11) is 0. The van der Waals surface area contributed by atoms with Crippen molar-refractivity contribution in [2.45, 2.75) is 6.42 Å². The van der Waals surface area contributed by atoms with Crippen molar-refractivity contribution in [2.24, 2.45) is 0 Å². The lowest BCUT2D eigenvalue weighted by molar-refractivity contribution is 0.214. The number of hydrogen-bond acceptors (Lipinski definition) is 6. The molecule has 4 rings (SSSR count). The second-order valence-electron chi connectivity index (χ2n) is 7.59. The van der Waals surface area contributed by atoms with E-state index >= 15 is 0 Å². The van der Waals surface area contributed by atoms with Gasteiger partial charge in [0.1, 0.15) is 23.0 Å². The number of rotatable bonds is 6. The van der Waals surface area contributed by atoms with Gasteiger partial charge in [0.2, 0.25) is 0 Å². The van der Waals surface area contributed by atoms with Crippen LogP contribution in [0.1, 0.15) is 11.1 Å². The standard InChI is InChI=1S/C27H22N2O6/c30-22-3-1-5-24(16-22)34-26(32)28-20-11-7-18(8-12-20)15-19-9-13-21(14-10-19)29-27(33)35-25-6-2-4-23(31)17-25/h1-14,16-17,30-31H,15H2,(H,28,32)(H,29,33). The maximum atomic E-state index is 12.0. The molecule has 0 bridgehead atoms. The molecule has 8 nitrogen and oxygen atoms in total. The molecule has 0 saturated carbocycles. The molecule has 0 saturated heterocycles. The molecule has 35 heavy (non-hydrogen) atoms. The quantitative estimate of drug-likeness (QED) is 0.278. The van der Waals surface area contributed by atoms with E-state index in [-0.39, 0.29) is 23.0 Å². The Morgan fingerprint density at radius 3 is 1.37 bits per heavy atom. The second kappa shape index (κ2) is 10.8. The fourth-order valence-electron chi connectivity index (χ4n) is 3.24. The number of amides is 2. The molecule has 0 atom stereocenters. The van der Waals surface area contributed by atoms with Crippen molar-refractivity contribution in [2.75, 3.05) is 10.6 Å². The summed E-state index contributed by atoms with van der Waals surface area (Å²) in [5, 5.41) is 24.2. The van der Waals surface area contributed by atoms with Gasteiger partial charge in [0, 0.05) is 23.5 Å². The van der Waals surface area contributed by atoms with E-state index in [4.69, 9.17) is 9.47 Å². The van der Waals surface area contributed by atoms with Gasteiger partial charge in [-0.1, -0.05) is 36.4 Å². The molecule has 4 N–H and O–H groups in total. The lowest BCUT2D eigenvalue weighted by Crippen LogP contribution is -2.16. The van der Waals surface area contributed by atoms with E-state index in [1.54, 1.807) is 48.5 Å². The predicted octanol–water partition coefficient (Wildman–Crippen LogP) is 5.91. The number of hydrogen-bond donors (Lipinski definition) is 4. The topological polar surface area (TPSA) is 117 Å². The maximum absolute atomic E-state index is 12.0. The minimum absolute atomic E-state index is 0.0109. The van der Waals surface area contributed by atoms with E-state index in [2.05, 4.69) is 10.6 Å². The van der Waals surface area contributed by atoms with E-state index in [9.17, 15) is 19.8 Å². The first kappa shape index (κ1) is 23.2. The average molecular weight is 470 g/mol. The van der Waals surface area contributed by atoms with Gasteiger partial charge in [-0.3, -0.25) is 10.6 Å². The number of carbonyl (C=O) groups is 2. The van der Waals surface area contributed by atoms with Crippen molar-refractivity contribution in [1.82, 2.24) is 0 Å². The van der Waals surface area contributed by atoms with Crippen molar-refractivity contribution >= 4 is 23.6 Å². The van der Waals surface area contributed by atoms with Crippen LogP contribution >= 0.6 is 0 Å². The third-order valence-corrected chi connectivity index (χ3v) is 4.87. The van der Waals surface area contributed by atoms with E-state index in [0.717, 1.165) is 11.1 Å². The van der Waals surface area contributed by atoms with E-state index in [0.29, 0.717) is 17.8 Å². The van der Waals surface area contributed by atoms with Crippen molar-refractivity contribution in [3.63, 3.8) is 0 Å². The molecular weight excluding hydrogens is 448 g/mol. The van der Waals surface area contributed by atoms with Crippen LogP contribution < -0.4 is 20.1 Å². The van der Waals surface area contributed by atoms with Gasteiger partial charge in [0.05, 0.1) is 0 Å². The van der Waals surface area contributed by atoms with E-state index in [1.807, 2.05) is 24.3 Å². The van der Waals surface area contributed by atoms with Crippen LogP contribution in [0.25, 0.3) is 0 Å². The fourth-order valence-corrected chi connectivity index (χ4v) is 3.24. The fraction of sp³-hybridized carbons (Fsp3) is 0.0370. The molecule has 0 aliphatic carbocycles. The number of nitrogens with one attached hydrogen (secondary N) is 2. The third kappa shape index (κ3) is 7.00. The van der Waals surface area contributed by atoms with Crippen LogP contribution in [0.3, 0.4) is 0 Å². The number of aromatic hydroxyl groups is 2. The van der Waals surface area contributed by atoms with E-state index in [1.165, 1.54) is 24.3 Å². The molecular formula is C27H22N2O6. The minimum atomic E-state index is -0.658. The van der Waals surface area contributed by atoms with Gasteiger partial charge >= 0.3 is 12.2 Å². The van der Waals surface area contributed by atoms with Crippen LogP contribution in [0.2, 0.25) is 0 Å². The Balaban J connectivity index is 1.27. The van der Waals surface area contributed by atoms with Gasteiger partial charge in [0.15, 0.2) is 0 Å². The zero-order chi connectivity index (χ0) is 24.6. The molecule has 4 aromatic rings. The number of phenolic OH excluding ortho intramolecular Hbond substituents is 2. The summed E-state index contributed by atoms with van der Waals surface area (Å²) in [6.07, 6.45) is -0.662. The van der Waals surface area contributed by atoms with Gasteiger partial charge in [0.25, 0.3) is 0 Å². The lowest BCUT2D eigenvalue weighted by Gasteiger charge is -2.09. The van der Waals surface area contributed by atoms with Gasteiger partial charge in [-0.05, 0) is 66.1 Å². The Labute approximate surface area is 201 Å². The summed E-state index contributed by atoms with van der Waals surface area (Å²) in [5.41, 5.74) is 3.20. The van der Waals surface area contributed by atoms with Crippen molar-refractivity contribution < 1.29 is 29.3 Å². The molecule has 0 radical (unpaired) electrons. The summed E-state index contributed by atoms with van der Waals surface area (Å²) >= 11 is 0. The van der Waals surface area contributed by atoms with Crippen molar-refractivity contribution in [3.8, 4) is 23.0 Å². The molecule has 0 unspecified atom stereocenters. The third-order valence-electron chi connectivity index (χ3n) is 4.87. The van der Waals surface area contributed by atoms with Gasteiger partial charge < -0.3 is 19.7 Å². The molecule has 0 spiro atoms. The van der Waals surface area contributed by atoms with Crippen LogP contribution in [-0.2, 0) is 6.42 Å². The van der Waals surface area contributed by atoms with Crippen LogP contribution in [0.15, 0.2) is 97.1 Å². The highest BCUT2D eigenvalue weighted by Crippen LogP contribution is 2.21. The SMILES string of the molecule is O=C(Nc1ccc(Cc2ccc(NC(=O)Oc3cccc(O)c3)cc2)cc1)Oc1cccc(O)c1. The normalized spacial score (nSPS) is 10.3. The molecule has 8 heteroatoms. The second-order valence-corrected chi connectivity index (χ2v) is 7.59. The highest BCUT2D eigenvalue weighted by Gasteiger charge is 2.08. The number of anilines is 2. The Morgan fingerprint density at radius 2 is 1.00 bits per heavy atom. The maximum Gasteiger partial charge on any atom is 0.417 e. The minimum Gasteiger partial charge on any atom is -0.508 e. The summed E-state index contributed by atoms with van der Waals surface area (Å²) in [4.78, 5) is 24.1. The molecule has 2 amide bonds. The smallest absolute Gasteiger partial charge is 0.417 e. The summed E-state index contributed by atoms with van der Waals surface area (Å²) in [6, 6.07) is 26.6. The molecule has 4 aromatic carbocycles. The first-order valence-electron chi connectivity index (χ1n) is 10.7. The largest absolute Gasteiger partial charge is 0.508 e. The molecule has 0 aliphatic heterocycles. The molecule has 0 aliphatic rings. The number of carbonyl (C=O) groups excluding carboxylic acids is 2. The monoisotopic (exact) mass is 470 g/mol. The van der Waals surface area contributed by atoms with Crippen LogP contribution in [0, 0.1) is 0 Å². The van der Waals surface area contributed by atoms with Gasteiger partial charge in [-0.25, -0.2) is 9.59 Å². The predicted molar refractivity (Wildman–Crippen MR) is 131 cm³/mol. The Bertz CT molecular complexity index is 1220. The molecule has 0 aromatic heterocycles. The Morgan fingerprint density at radius 1 is 0.600 bits per heavy atom. The van der Waals surface area contributed by atoms with E-state index < -0.39 is 12.2 Å². The molecule has 0 fully saturated rings. The zero-order valence-corrected chi connectivity index (χ0v) is 18.5. The van der Waals surface area contributed by atoms with Gasteiger partial charge in [-0.15, -0.1) is 0 Å². The highest BCUT2D eigenvalue weighted by atomic mass is 16.6. The first-order chi connectivity index (χ1) is 16.9. The van der Waals surface area contributed by atoms with Crippen molar-refractivity contribution in [3.05, 3.63) is 108 Å². The van der Waals surface area contributed by atoms with Crippen LogP contribution in [0.5, 0.6) is 23.0 Å². The average Bonchev–Trinajstić information content (AvgIpc) is 2.81. The van der Waals surface area contributed by atoms with Gasteiger partial charge in [-0.2, -0.15) is 0 Å². The highest BCUT2D eigenvalue weighted by molar-refractivity contribution is 5.87. The van der Waals surface area contributed by atoms with Crippen molar-refractivity contribution in [1.29, 1.82) is 0 Å². The number of phenols is 2. The Kier molecular flexibility index (Phi) is 7.13. The van der Waals surface area contributed by atoms with Crippen LogP contribution in [-0.4, -0.2) is 22.4 Å².